The Morgan fingerprint density at radius 3 is 2.67 bits per heavy atom. The monoisotopic (exact) mass is 271 g/mol. The third kappa shape index (κ3) is 3.97. The molecule has 98 valence electrons. The zero-order valence-corrected chi connectivity index (χ0v) is 10.3. The van der Waals surface area contributed by atoms with E-state index in [0.29, 0.717) is 11.4 Å². The first-order valence-electron chi connectivity index (χ1n) is 5.41. The lowest BCUT2D eigenvalue weighted by Gasteiger charge is -2.08. The molecule has 0 amide bonds. The number of rotatable bonds is 6. The van der Waals surface area contributed by atoms with Gasteiger partial charge in [-0.05, 0) is 25.0 Å². The average molecular weight is 271 g/mol. The Morgan fingerprint density at radius 1 is 1.44 bits per heavy atom. The molecule has 0 radical (unpaired) electrons. The van der Waals surface area contributed by atoms with Gasteiger partial charge in [-0.25, -0.2) is 0 Å². The van der Waals surface area contributed by atoms with Crippen LogP contribution in [0, 0.1) is 0 Å². The number of pyridine rings is 1. The van der Waals surface area contributed by atoms with E-state index < -0.39 is 16.2 Å². The maximum absolute atomic E-state index is 11.6. The SMILES string of the molecule is O=C(O)Cc1ccc(NS(=O)(=O)NC2CC2)cn1. The lowest BCUT2D eigenvalue weighted by Crippen LogP contribution is -2.31. The van der Waals surface area contributed by atoms with Gasteiger partial charge in [-0.1, -0.05) is 0 Å². The van der Waals surface area contributed by atoms with Crippen LogP contribution in [0.15, 0.2) is 18.3 Å². The van der Waals surface area contributed by atoms with E-state index in [2.05, 4.69) is 14.4 Å². The lowest BCUT2D eigenvalue weighted by molar-refractivity contribution is -0.136. The number of hydrogen-bond acceptors (Lipinski definition) is 4. The van der Waals surface area contributed by atoms with Crippen LogP contribution in [0.5, 0.6) is 0 Å². The van der Waals surface area contributed by atoms with Crippen molar-refractivity contribution in [3.63, 3.8) is 0 Å². The van der Waals surface area contributed by atoms with E-state index in [4.69, 9.17) is 5.11 Å². The van der Waals surface area contributed by atoms with Crippen LogP contribution in [-0.4, -0.2) is 30.5 Å². The summed E-state index contributed by atoms with van der Waals surface area (Å²) in [6, 6.07) is 2.99. The Bertz CT molecular complexity index is 537. The molecule has 1 saturated carbocycles. The van der Waals surface area contributed by atoms with E-state index in [1.165, 1.54) is 18.3 Å². The molecule has 0 saturated heterocycles. The van der Waals surface area contributed by atoms with Gasteiger partial charge in [0, 0.05) is 6.04 Å². The predicted molar refractivity (Wildman–Crippen MR) is 64.3 cm³/mol. The van der Waals surface area contributed by atoms with E-state index in [9.17, 15) is 13.2 Å². The van der Waals surface area contributed by atoms with Gasteiger partial charge in [0.2, 0.25) is 0 Å². The van der Waals surface area contributed by atoms with Gasteiger partial charge >= 0.3 is 5.97 Å². The van der Waals surface area contributed by atoms with Crippen molar-refractivity contribution in [2.45, 2.75) is 25.3 Å². The zero-order valence-electron chi connectivity index (χ0n) is 9.46. The van der Waals surface area contributed by atoms with E-state index in [1.807, 2.05) is 0 Å². The molecule has 1 fully saturated rings. The summed E-state index contributed by atoms with van der Waals surface area (Å²) < 4.78 is 27.9. The first kappa shape index (κ1) is 12.8. The number of nitrogens with one attached hydrogen (secondary N) is 2. The maximum atomic E-state index is 11.6. The molecule has 0 atom stereocenters. The molecule has 2 rings (SSSR count). The van der Waals surface area contributed by atoms with Crippen molar-refractivity contribution in [1.29, 1.82) is 0 Å². The smallest absolute Gasteiger partial charge is 0.309 e. The molecular formula is C10H13N3O4S. The molecule has 1 aromatic rings. The summed E-state index contributed by atoms with van der Waals surface area (Å²) in [4.78, 5) is 14.3. The lowest BCUT2D eigenvalue weighted by atomic mass is 10.3. The van der Waals surface area contributed by atoms with Gasteiger partial charge in [0.1, 0.15) is 0 Å². The topological polar surface area (TPSA) is 108 Å². The first-order chi connectivity index (χ1) is 8.44. The van der Waals surface area contributed by atoms with E-state index in [0.717, 1.165) is 12.8 Å². The van der Waals surface area contributed by atoms with Gasteiger partial charge in [-0.3, -0.25) is 14.5 Å². The van der Waals surface area contributed by atoms with Crippen LogP contribution in [0.4, 0.5) is 5.69 Å². The maximum Gasteiger partial charge on any atom is 0.309 e. The highest BCUT2D eigenvalue weighted by molar-refractivity contribution is 7.90. The summed E-state index contributed by atoms with van der Waals surface area (Å²) in [7, 11) is -3.56. The number of carboxylic acid groups (broad SMARTS) is 1. The number of hydrogen-bond donors (Lipinski definition) is 3. The van der Waals surface area contributed by atoms with Gasteiger partial charge in [0.15, 0.2) is 0 Å². The Labute approximate surface area is 104 Å². The van der Waals surface area contributed by atoms with Crippen molar-refractivity contribution in [3.8, 4) is 0 Å². The van der Waals surface area contributed by atoms with E-state index in [1.54, 1.807) is 0 Å². The molecule has 1 aliphatic rings. The minimum atomic E-state index is -3.56. The second-order valence-corrected chi connectivity index (χ2v) is 5.55. The van der Waals surface area contributed by atoms with Crippen LogP contribution >= 0.6 is 0 Å². The molecule has 0 aliphatic heterocycles. The summed E-state index contributed by atoms with van der Waals surface area (Å²) in [5, 5.41) is 8.57. The zero-order chi connectivity index (χ0) is 13.2. The number of aliphatic carboxylic acids is 1. The van der Waals surface area contributed by atoms with Crippen molar-refractivity contribution in [3.05, 3.63) is 24.0 Å². The van der Waals surface area contributed by atoms with Crippen LogP contribution in [0.3, 0.4) is 0 Å². The largest absolute Gasteiger partial charge is 0.481 e. The molecule has 1 aromatic heterocycles. The summed E-state index contributed by atoms with van der Waals surface area (Å²) in [6.07, 6.45) is 2.82. The molecule has 8 heteroatoms. The number of anilines is 1. The Kier molecular flexibility index (Phi) is 3.48. The second kappa shape index (κ2) is 4.91. The third-order valence-corrected chi connectivity index (χ3v) is 3.46. The first-order valence-corrected chi connectivity index (χ1v) is 6.90. The van der Waals surface area contributed by atoms with Crippen molar-refractivity contribution in [2.24, 2.45) is 0 Å². The van der Waals surface area contributed by atoms with Crippen LogP contribution in [0.25, 0.3) is 0 Å². The van der Waals surface area contributed by atoms with Crippen molar-refractivity contribution in [1.82, 2.24) is 9.71 Å². The molecule has 1 heterocycles. The van der Waals surface area contributed by atoms with Gasteiger partial charge in [0.25, 0.3) is 10.2 Å². The summed E-state index contributed by atoms with van der Waals surface area (Å²) in [6.45, 7) is 0. The van der Waals surface area contributed by atoms with Crippen LogP contribution in [0.1, 0.15) is 18.5 Å². The molecule has 3 N–H and O–H groups in total. The average Bonchev–Trinajstić information content (AvgIpc) is 3.03. The molecule has 18 heavy (non-hydrogen) atoms. The van der Waals surface area contributed by atoms with Crippen LogP contribution in [-0.2, 0) is 21.4 Å². The highest BCUT2D eigenvalue weighted by Gasteiger charge is 2.26. The van der Waals surface area contributed by atoms with E-state index >= 15 is 0 Å². The summed E-state index contributed by atoms with van der Waals surface area (Å²) in [5.74, 6) is -0.980. The van der Waals surface area contributed by atoms with Gasteiger partial charge < -0.3 is 5.11 Å². The highest BCUT2D eigenvalue weighted by Crippen LogP contribution is 2.20. The molecule has 0 bridgehead atoms. The summed E-state index contributed by atoms with van der Waals surface area (Å²) in [5.41, 5.74) is 0.679. The number of carbonyl (C=O) groups is 1. The van der Waals surface area contributed by atoms with Gasteiger partial charge in [-0.15, -0.1) is 0 Å². The normalized spacial score (nSPS) is 15.3. The number of aromatic nitrogens is 1. The fraction of sp³-hybridized carbons (Fsp3) is 0.400. The summed E-state index contributed by atoms with van der Waals surface area (Å²) >= 11 is 0. The minimum Gasteiger partial charge on any atom is -0.481 e. The fourth-order valence-corrected chi connectivity index (χ4v) is 2.51. The van der Waals surface area contributed by atoms with E-state index in [-0.39, 0.29) is 12.5 Å². The fourth-order valence-electron chi connectivity index (χ4n) is 1.35. The highest BCUT2D eigenvalue weighted by atomic mass is 32.2. The standard InChI is InChI=1S/C10H13N3O4S/c14-10(15)5-8-3-4-9(6-11-8)13-18(16,17)12-7-1-2-7/h3-4,6-7,12-13H,1-2,5H2,(H,14,15). The number of nitrogens with zero attached hydrogens (tertiary/aromatic N) is 1. The Hall–Kier alpha value is -1.67. The third-order valence-electron chi connectivity index (χ3n) is 2.31. The quantitative estimate of drug-likeness (QED) is 0.681. The van der Waals surface area contributed by atoms with Crippen molar-refractivity contribution >= 4 is 21.9 Å². The molecular weight excluding hydrogens is 258 g/mol. The minimum absolute atomic E-state index is 0.0294. The second-order valence-electron chi connectivity index (χ2n) is 4.11. The molecule has 0 spiro atoms. The van der Waals surface area contributed by atoms with Crippen molar-refractivity contribution < 1.29 is 18.3 Å². The van der Waals surface area contributed by atoms with Gasteiger partial charge in [-0.2, -0.15) is 13.1 Å². The molecule has 7 nitrogen and oxygen atoms in total. The van der Waals surface area contributed by atoms with Crippen molar-refractivity contribution in [2.75, 3.05) is 4.72 Å². The number of carboxylic acids is 1. The predicted octanol–water partition coefficient (Wildman–Crippen LogP) is 0.117. The molecule has 0 unspecified atom stereocenters. The van der Waals surface area contributed by atoms with Gasteiger partial charge in [0.05, 0.1) is 24.0 Å². The molecule has 1 aliphatic carbocycles. The molecule has 0 aromatic carbocycles. The van der Waals surface area contributed by atoms with Crippen LogP contribution in [0.2, 0.25) is 0 Å². The Balaban J connectivity index is 1.98. The van der Waals surface area contributed by atoms with Crippen LogP contribution < -0.4 is 9.44 Å². The Morgan fingerprint density at radius 2 is 2.17 bits per heavy atom.